The van der Waals surface area contributed by atoms with Crippen molar-refractivity contribution < 1.29 is 18.4 Å². The Kier molecular flexibility index (Phi) is 8.10. The topological polar surface area (TPSA) is 106 Å². The van der Waals surface area contributed by atoms with E-state index in [0.717, 1.165) is 48.0 Å². The number of likely N-dealkylation sites (tertiary alicyclic amines) is 1. The first-order chi connectivity index (χ1) is 18.3. The van der Waals surface area contributed by atoms with E-state index in [1.54, 1.807) is 17.6 Å². The number of amides is 1. The smallest absolute Gasteiger partial charge is 0.286 e. The third-order valence-electron chi connectivity index (χ3n) is 7.36. The second kappa shape index (κ2) is 11.5. The largest absolute Gasteiger partial charge is 0.345 e. The molecule has 5 rings (SSSR count). The lowest BCUT2D eigenvalue weighted by Gasteiger charge is -2.33. The van der Waals surface area contributed by atoms with Gasteiger partial charge < -0.3 is 4.90 Å². The molecule has 1 aromatic heterocycles. The molecule has 0 radical (unpaired) electrons. The van der Waals surface area contributed by atoms with Gasteiger partial charge in [0.15, 0.2) is 5.13 Å². The summed E-state index contributed by atoms with van der Waals surface area (Å²) in [6, 6.07) is 15.7. The Bertz CT molecular complexity index is 1360. The van der Waals surface area contributed by atoms with Crippen molar-refractivity contribution in [3.05, 3.63) is 65.2 Å². The predicted molar refractivity (Wildman–Crippen MR) is 148 cm³/mol. The highest BCUT2D eigenvalue weighted by Crippen LogP contribution is 2.28. The zero-order chi connectivity index (χ0) is 26.7. The molecule has 3 aromatic rings. The van der Waals surface area contributed by atoms with E-state index >= 15 is 0 Å². The summed E-state index contributed by atoms with van der Waals surface area (Å²) in [4.78, 5) is 20.8. The number of sulfonamides is 1. The summed E-state index contributed by atoms with van der Waals surface area (Å²) in [6.07, 6.45) is 3.90. The molecule has 2 aromatic carbocycles. The van der Waals surface area contributed by atoms with Crippen molar-refractivity contribution in [2.75, 3.05) is 44.2 Å². The van der Waals surface area contributed by atoms with Gasteiger partial charge in [-0.25, -0.2) is 18.9 Å². The first kappa shape index (κ1) is 26.8. The Hall–Kier alpha value is -2.83. The Balaban J connectivity index is 1.22. The van der Waals surface area contributed by atoms with Crippen molar-refractivity contribution in [1.82, 2.24) is 19.7 Å². The highest BCUT2D eigenvalue weighted by Gasteiger charge is 2.29. The maximum atomic E-state index is 13.3. The molecule has 0 unspecified atom stereocenters. The standard InChI is InChI=1S/C27H33N5O4S2/c1-20-9-11-30(12-10-20)19-21-3-2-4-23(17-21)22-5-7-24(8-6-22)38(35,36)32-15-13-31(14-16-32)27-28-18-25(37-27)26(33)29-34/h2-8,17-18,20,34H,9-16,19H2,1H3,(H,29,33). The lowest BCUT2D eigenvalue weighted by atomic mass is 9.98. The minimum absolute atomic E-state index is 0.282. The molecule has 0 saturated carbocycles. The second-order valence-corrected chi connectivity index (χ2v) is 13.0. The van der Waals surface area contributed by atoms with Gasteiger partial charge in [0.25, 0.3) is 5.91 Å². The lowest BCUT2D eigenvalue weighted by molar-refractivity contribution is 0.0710. The molecular formula is C27H33N5O4S2. The number of hydrogen-bond acceptors (Lipinski definition) is 8. The number of nitrogens with one attached hydrogen (secondary N) is 1. The number of nitrogens with zero attached hydrogens (tertiary/aromatic N) is 4. The van der Waals surface area contributed by atoms with Gasteiger partial charge in [0.05, 0.1) is 11.1 Å². The number of aromatic nitrogens is 1. The van der Waals surface area contributed by atoms with Crippen molar-refractivity contribution in [1.29, 1.82) is 0 Å². The molecule has 38 heavy (non-hydrogen) atoms. The fourth-order valence-corrected chi connectivity index (χ4v) is 7.27. The van der Waals surface area contributed by atoms with Crippen LogP contribution in [-0.2, 0) is 16.6 Å². The van der Waals surface area contributed by atoms with E-state index in [4.69, 9.17) is 5.21 Å². The van der Waals surface area contributed by atoms with Gasteiger partial charge in [-0.15, -0.1) is 0 Å². The number of benzene rings is 2. The maximum absolute atomic E-state index is 13.3. The van der Waals surface area contributed by atoms with Gasteiger partial charge in [0, 0.05) is 32.7 Å². The molecule has 2 N–H and O–H groups in total. The van der Waals surface area contributed by atoms with E-state index in [9.17, 15) is 13.2 Å². The molecule has 9 nitrogen and oxygen atoms in total. The zero-order valence-electron chi connectivity index (χ0n) is 21.4. The van der Waals surface area contributed by atoms with Gasteiger partial charge in [-0.2, -0.15) is 4.31 Å². The van der Waals surface area contributed by atoms with E-state index in [1.807, 2.05) is 17.0 Å². The van der Waals surface area contributed by atoms with Crippen molar-refractivity contribution in [2.45, 2.75) is 31.2 Å². The number of thiazole rings is 1. The summed E-state index contributed by atoms with van der Waals surface area (Å²) in [7, 11) is -3.62. The van der Waals surface area contributed by atoms with Crippen molar-refractivity contribution >= 4 is 32.4 Å². The molecule has 0 spiro atoms. The van der Waals surface area contributed by atoms with Crippen LogP contribution in [0, 0.1) is 5.92 Å². The minimum atomic E-state index is -3.62. The number of piperazine rings is 1. The highest BCUT2D eigenvalue weighted by atomic mass is 32.2. The van der Waals surface area contributed by atoms with E-state index in [-0.39, 0.29) is 4.90 Å². The zero-order valence-corrected chi connectivity index (χ0v) is 23.0. The molecule has 3 heterocycles. The van der Waals surface area contributed by atoms with Gasteiger partial charge in [-0.3, -0.25) is 14.9 Å². The summed E-state index contributed by atoms with van der Waals surface area (Å²) >= 11 is 1.16. The van der Waals surface area contributed by atoms with Gasteiger partial charge in [0.1, 0.15) is 4.88 Å². The van der Waals surface area contributed by atoms with E-state index < -0.39 is 15.9 Å². The monoisotopic (exact) mass is 555 g/mol. The summed E-state index contributed by atoms with van der Waals surface area (Å²) in [6.45, 7) is 7.11. The number of hydroxylamine groups is 1. The summed E-state index contributed by atoms with van der Waals surface area (Å²) in [5, 5.41) is 9.42. The van der Waals surface area contributed by atoms with Crippen LogP contribution in [0.5, 0.6) is 0 Å². The molecule has 2 saturated heterocycles. The normalized spacial score (nSPS) is 18.0. The van der Waals surface area contributed by atoms with Crippen molar-refractivity contribution in [3.8, 4) is 11.1 Å². The first-order valence-corrected chi connectivity index (χ1v) is 15.2. The Morgan fingerprint density at radius 3 is 2.42 bits per heavy atom. The van der Waals surface area contributed by atoms with Crippen LogP contribution in [0.15, 0.2) is 59.6 Å². The molecule has 0 atom stereocenters. The van der Waals surface area contributed by atoms with Crippen LogP contribution in [0.4, 0.5) is 5.13 Å². The number of piperidine rings is 1. The summed E-state index contributed by atoms with van der Waals surface area (Å²) < 4.78 is 28.1. The van der Waals surface area contributed by atoms with E-state index in [1.165, 1.54) is 28.9 Å². The minimum Gasteiger partial charge on any atom is -0.345 e. The van der Waals surface area contributed by atoms with E-state index in [0.29, 0.717) is 36.2 Å². The van der Waals surface area contributed by atoms with E-state index in [2.05, 4.69) is 41.1 Å². The number of carbonyl (C=O) groups is 1. The quantitative estimate of drug-likeness (QED) is 0.339. The summed E-state index contributed by atoms with van der Waals surface area (Å²) in [5.74, 6) is 0.200. The Morgan fingerprint density at radius 2 is 1.74 bits per heavy atom. The lowest BCUT2D eigenvalue weighted by Crippen LogP contribution is -2.48. The van der Waals surface area contributed by atoms with Crippen LogP contribution < -0.4 is 10.4 Å². The predicted octanol–water partition coefficient (Wildman–Crippen LogP) is 3.67. The average molecular weight is 556 g/mol. The fraction of sp³-hybridized carbons (Fsp3) is 0.407. The number of hydrogen-bond donors (Lipinski definition) is 2. The molecule has 0 aliphatic carbocycles. The average Bonchev–Trinajstić information content (AvgIpc) is 3.45. The first-order valence-electron chi connectivity index (χ1n) is 12.9. The fourth-order valence-electron chi connectivity index (χ4n) is 4.99. The highest BCUT2D eigenvalue weighted by molar-refractivity contribution is 7.89. The Labute approximate surface area is 227 Å². The van der Waals surface area contributed by atoms with Crippen LogP contribution in [0.1, 0.15) is 35.0 Å². The van der Waals surface area contributed by atoms with Gasteiger partial charge in [-0.05, 0) is 66.7 Å². The number of rotatable bonds is 7. The summed E-state index contributed by atoms with van der Waals surface area (Å²) in [5.41, 5.74) is 4.96. The van der Waals surface area contributed by atoms with Gasteiger partial charge in [0.2, 0.25) is 10.0 Å². The molecule has 0 bridgehead atoms. The van der Waals surface area contributed by atoms with Crippen LogP contribution in [0.25, 0.3) is 11.1 Å². The molecule has 1 amide bonds. The van der Waals surface area contributed by atoms with Crippen LogP contribution in [0.2, 0.25) is 0 Å². The molecule has 2 fully saturated rings. The molecule has 2 aliphatic heterocycles. The third-order valence-corrected chi connectivity index (χ3v) is 10.3. The second-order valence-electron chi connectivity index (χ2n) is 10.0. The van der Waals surface area contributed by atoms with Crippen molar-refractivity contribution in [2.24, 2.45) is 5.92 Å². The van der Waals surface area contributed by atoms with Crippen LogP contribution in [0.3, 0.4) is 0 Å². The number of anilines is 1. The van der Waals surface area contributed by atoms with Crippen LogP contribution in [-0.4, -0.2) is 73.0 Å². The Morgan fingerprint density at radius 1 is 1.03 bits per heavy atom. The van der Waals surface area contributed by atoms with Gasteiger partial charge in [-0.1, -0.05) is 48.6 Å². The molecule has 202 valence electrons. The van der Waals surface area contributed by atoms with Gasteiger partial charge >= 0.3 is 0 Å². The molecular weight excluding hydrogens is 522 g/mol. The molecule has 11 heteroatoms. The van der Waals surface area contributed by atoms with Crippen molar-refractivity contribution in [3.63, 3.8) is 0 Å². The van der Waals surface area contributed by atoms with Crippen LogP contribution >= 0.6 is 11.3 Å². The maximum Gasteiger partial charge on any atom is 0.286 e. The molecule has 2 aliphatic rings. The third kappa shape index (κ3) is 5.92. The SMILES string of the molecule is CC1CCN(Cc2cccc(-c3ccc(S(=O)(=O)N4CCN(c5ncc(C(=O)NO)s5)CC4)cc3)c2)CC1. The number of carbonyl (C=O) groups excluding carboxylic acids is 1.